The Labute approximate surface area is 198 Å². The van der Waals surface area contributed by atoms with Gasteiger partial charge < -0.3 is 10.6 Å². The predicted molar refractivity (Wildman–Crippen MR) is 128 cm³/mol. The minimum atomic E-state index is -1.04. The van der Waals surface area contributed by atoms with Crippen LogP contribution in [0.4, 0.5) is 5.69 Å². The first-order chi connectivity index (χ1) is 16.3. The summed E-state index contributed by atoms with van der Waals surface area (Å²) in [4.78, 5) is 31.5. The largest absolute Gasteiger partial charge is 0.336 e. The van der Waals surface area contributed by atoms with Gasteiger partial charge in [0.15, 0.2) is 0 Å². The summed E-state index contributed by atoms with van der Waals surface area (Å²) in [6, 6.07) is 5.39. The van der Waals surface area contributed by atoms with Crippen LogP contribution >= 0.6 is 0 Å². The number of aromatic amines is 1. The van der Waals surface area contributed by atoms with E-state index in [-0.39, 0.29) is 17.7 Å². The summed E-state index contributed by atoms with van der Waals surface area (Å²) in [7, 11) is 1.72. The number of H-pyrrole nitrogens is 1. The van der Waals surface area contributed by atoms with Crippen molar-refractivity contribution in [1.82, 2.24) is 30.3 Å². The van der Waals surface area contributed by atoms with Gasteiger partial charge in [0.05, 0.1) is 23.3 Å². The lowest BCUT2D eigenvalue weighted by molar-refractivity contribution is -0.124. The third-order valence-corrected chi connectivity index (χ3v) is 7.23. The second-order valence-corrected chi connectivity index (χ2v) is 9.89. The van der Waals surface area contributed by atoms with Gasteiger partial charge in [-0.15, -0.1) is 0 Å². The van der Waals surface area contributed by atoms with Crippen molar-refractivity contribution in [3.8, 4) is 11.3 Å². The maximum atomic E-state index is 13.8. The van der Waals surface area contributed by atoms with Gasteiger partial charge in [-0.1, -0.05) is 0 Å². The molecular weight excluding hydrogens is 430 g/mol. The molecule has 2 fully saturated rings. The summed E-state index contributed by atoms with van der Waals surface area (Å²) >= 11 is 0. The van der Waals surface area contributed by atoms with Crippen molar-refractivity contribution in [3.05, 3.63) is 47.7 Å². The van der Waals surface area contributed by atoms with Crippen LogP contribution in [0.1, 0.15) is 54.5 Å². The number of hydrogen-bond donors (Lipinski definition) is 3. The van der Waals surface area contributed by atoms with E-state index in [9.17, 15) is 9.59 Å². The molecule has 1 unspecified atom stereocenters. The van der Waals surface area contributed by atoms with Crippen LogP contribution in [0.25, 0.3) is 11.3 Å². The highest BCUT2D eigenvalue weighted by Crippen LogP contribution is 2.53. The van der Waals surface area contributed by atoms with Gasteiger partial charge in [-0.25, -0.2) is 0 Å². The molecule has 1 atom stereocenters. The van der Waals surface area contributed by atoms with Crippen molar-refractivity contribution in [2.45, 2.75) is 52.0 Å². The number of aromatic nitrogens is 5. The monoisotopic (exact) mass is 461 g/mol. The van der Waals surface area contributed by atoms with Crippen molar-refractivity contribution in [2.24, 2.45) is 24.8 Å². The Morgan fingerprint density at radius 1 is 1.15 bits per heavy atom. The molecule has 5 rings (SSSR count). The van der Waals surface area contributed by atoms with Crippen LogP contribution in [0.15, 0.2) is 30.6 Å². The van der Waals surface area contributed by atoms with Gasteiger partial charge in [-0.2, -0.15) is 10.2 Å². The maximum Gasteiger partial charge on any atom is 0.270 e. The molecule has 0 bridgehead atoms. The van der Waals surface area contributed by atoms with Gasteiger partial charge in [0.2, 0.25) is 5.91 Å². The van der Waals surface area contributed by atoms with E-state index in [2.05, 4.69) is 30.9 Å². The maximum absolute atomic E-state index is 13.8. The van der Waals surface area contributed by atoms with Crippen LogP contribution in [0.2, 0.25) is 0 Å². The van der Waals surface area contributed by atoms with E-state index in [1.165, 1.54) is 4.68 Å². The van der Waals surface area contributed by atoms with Gasteiger partial charge in [-0.3, -0.25) is 24.4 Å². The molecule has 2 amide bonds. The Hall–Kier alpha value is -3.49. The SMILES string of the molecule is Cc1n[nH]c(C)c1-c1ccc(NC(=O)C(C)(NC(=O)c2ccnn2C)C(C2CC2)C2CC2)cn1. The van der Waals surface area contributed by atoms with Gasteiger partial charge in [0.25, 0.3) is 5.91 Å². The smallest absolute Gasteiger partial charge is 0.270 e. The van der Waals surface area contributed by atoms with E-state index in [0.717, 1.165) is 48.3 Å². The Kier molecular flexibility index (Phi) is 5.50. The lowest BCUT2D eigenvalue weighted by atomic mass is 9.77. The fourth-order valence-electron chi connectivity index (χ4n) is 5.23. The van der Waals surface area contributed by atoms with E-state index >= 15 is 0 Å². The van der Waals surface area contributed by atoms with Crippen molar-refractivity contribution in [3.63, 3.8) is 0 Å². The number of nitrogens with one attached hydrogen (secondary N) is 3. The average molecular weight is 462 g/mol. The molecule has 0 aromatic carbocycles. The highest BCUT2D eigenvalue weighted by molar-refractivity contribution is 6.03. The normalized spacial score (nSPS) is 17.4. The number of amides is 2. The van der Waals surface area contributed by atoms with Crippen LogP contribution in [0.5, 0.6) is 0 Å². The van der Waals surface area contributed by atoms with Gasteiger partial charge >= 0.3 is 0 Å². The van der Waals surface area contributed by atoms with Crippen LogP contribution in [-0.2, 0) is 11.8 Å². The summed E-state index contributed by atoms with van der Waals surface area (Å²) in [6.45, 7) is 5.76. The van der Waals surface area contributed by atoms with E-state index in [1.807, 2.05) is 32.9 Å². The summed E-state index contributed by atoms with van der Waals surface area (Å²) in [5.74, 6) is 0.527. The van der Waals surface area contributed by atoms with E-state index in [1.54, 1.807) is 25.5 Å². The van der Waals surface area contributed by atoms with Crippen molar-refractivity contribution >= 4 is 17.5 Å². The van der Waals surface area contributed by atoms with E-state index in [0.29, 0.717) is 23.2 Å². The second kappa shape index (κ2) is 8.38. The van der Waals surface area contributed by atoms with Crippen LogP contribution < -0.4 is 10.6 Å². The number of carbonyl (C=O) groups excluding carboxylic acids is 2. The second-order valence-electron chi connectivity index (χ2n) is 9.89. The number of pyridine rings is 1. The molecule has 9 heteroatoms. The van der Waals surface area contributed by atoms with Crippen LogP contribution in [0.3, 0.4) is 0 Å². The molecule has 9 nitrogen and oxygen atoms in total. The Morgan fingerprint density at radius 3 is 2.35 bits per heavy atom. The number of nitrogens with zero attached hydrogens (tertiary/aromatic N) is 4. The summed E-state index contributed by atoms with van der Waals surface area (Å²) < 4.78 is 1.53. The Morgan fingerprint density at radius 2 is 1.85 bits per heavy atom. The lowest BCUT2D eigenvalue weighted by Crippen LogP contribution is -2.60. The zero-order chi connectivity index (χ0) is 24.0. The number of aryl methyl sites for hydroxylation is 3. The summed E-state index contributed by atoms with van der Waals surface area (Å²) in [6.07, 6.45) is 7.65. The van der Waals surface area contributed by atoms with Crippen LogP contribution in [-0.4, -0.2) is 42.3 Å². The van der Waals surface area contributed by atoms with Crippen molar-refractivity contribution in [2.75, 3.05) is 5.32 Å². The van der Waals surface area contributed by atoms with Gasteiger partial charge in [-0.05, 0) is 82.4 Å². The molecule has 2 aliphatic rings. The average Bonchev–Trinajstić information content (AvgIpc) is 3.73. The third kappa shape index (κ3) is 4.10. The molecule has 178 valence electrons. The molecule has 2 aliphatic carbocycles. The van der Waals surface area contributed by atoms with E-state index < -0.39 is 5.54 Å². The minimum Gasteiger partial charge on any atom is -0.336 e. The number of carbonyl (C=O) groups is 2. The van der Waals surface area contributed by atoms with Crippen molar-refractivity contribution < 1.29 is 9.59 Å². The summed E-state index contributed by atoms with van der Waals surface area (Å²) in [5.41, 5.74) is 3.57. The molecular formula is C25H31N7O2. The zero-order valence-corrected chi connectivity index (χ0v) is 20.1. The summed E-state index contributed by atoms with van der Waals surface area (Å²) in [5, 5.41) is 17.4. The topological polar surface area (TPSA) is 118 Å². The lowest BCUT2D eigenvalue weighted by Gasteiger charge is -2.38. The minimum absolute atomic E-state index is 0.105. The Balaban J connectivity index is 1.40. The fourth-order valence-corrected chi connectivity index (χ4v) is 5.23. The van der Waals surface area contributed by atoms with Gasteiger partial charge in [0.1, 0.15) is 11.2 Å². The molecule has 3 aromatic rings. The predicted octanol–water partition coefficient (Wildman–Crippen LogP) is 3.39. The molecule has 3 aromatic heterocycles. The molecule has 3 heterocycles. The number of rotatable bonds is 8. The molecule has 34 heavy (non-hydrogen) atoms. The molecule has 3 N–H and O–H groups in total. The third-order valence-electron chi connectivity index (χ3n) is 7.23. The highest BCUT2D eigenvalue weighted by Gasteiger charge is 2.55. The van der Waals surface area contributed by atoms with Gasteiger partial charge in [0, 0.05) is 24.5 Å². The standard InChI is InChI=1S/C25H31N7O2/c1-14-21(15(2)31-30-14)19-10-9-18(13-26-19)28-24(34)25(3,22(16-5-6-16)17-7-8-17)29-23(33)20-11-12-27-32(20)4/h9-13,16-17,22H,5-8H2,1-4H3,(H,28,34)(H,29,33)(H,30,31). The molecule has 2 saturated carbocycles. The Bertz CT molecular complexity index is 1190. The van der Waals surface area contributed by atoms with E-state index in [4.69, 9.17) is 0 Å². The number of anilines is 1. The highest BCUT2D eigenvalue weighted by atomic mass is 16.2. The quantitative estimate of drug-likeness (QED) is 0.475. The molecule has 0 aliphatic heterocycles. The number of hydrogen-bond acceptors (Lipinski definition) is 5. The zero-order valence-electron chi connectivity index (χ0n) is 20.1. The first-order valence-electron chi connectivity index (χ1n) is 11.9. The first-order valence-corrected chi connectivity index (χ1v) is 11.9. The fraction of sp³-hybridized carbons (Fsp3) is 0.480. The first kappa shape index (κ1) is 22.3. The van der Waals surface area contributed by atoms with Crippen LogP contribution in [0, 0.1) is 31.6 Å². The van der Waals surface area contributed by atoms with Crippen molar-refractivity contribution in [1.29, 1.82) is 0 Å². The molecule has 0 radical (unpaired) electrons. The molecule has 0 saturated heterocycles. The molecule has 0 spiro atoms.